The molecule has 0 saturated carbocycles. The fourth-order valence-electron chi connectivity index (χ4n) is 1.93. The third-order valence-electron chi connectivity index (χ3n) is 3.15. The van der Waals surface area contributed by atoms with Crippen LogP contribution in [-0.2, 0) is 6.18 Å². The summed E-state index contributed by atoms with van der Waals surface area (Å²) in [7, 11) is 0. The van der Waals surface area contributed by atoms with E-state index < -0.39 is 27.6 Å². The van der Waals surface area contributed by atoms with Crippen LogP contribution < -0.4 is 10.1 Å². The first kappa shape index (κ1) is 20.8. The molecule has 0 saturated heterocycles. The highest BCUT2D eigenvalue weighted by atomic mass is 35.5. The zero-order valence-electron chi connectivity index (χ0n) is 13.5. The van der Waals surface area contributed by atoms with Gasteiger partial charge in [-0.15, -0.1) is 0 Å². The molecular formula is C16H12ClF3N2O4S. The van der Waals surface area contributed by atoms with E-state index in [1.807, 2.05) is 0 Å². The summed E-state index contributed by atoms with van der Waals surface area (Å²) in [4.78, 5) is 21.7. The van der Waals surface area contributed by atoms with Crippen molar-refractivity contribution < 1.29 is 27.6 Å². The lowest BCUT2D eigenvalue weighted by Gasteiger charge is -2.10. The number of thioether (sulfide) groups is 1. The number of benzene rings is 2. The normalized spacial score (nSPS) is 11.1. The van der Waals surface area contributed by atoms with Gasteiger partial charge in [-0.3, -0.25) is 14.9 Å². The van der Waals surface area contributed by atoms with Crippen molar-refractivity contribution in [3.63, 3.8) is 0 Å². The van der Waals surface area contributed by atoms with Crippen LogP contribution in [0.2, 0.25) is 5.02 Å². The van der Waals surface area contributed by atoms with Crippen molar-refractivity contribution >= 4 is 34.3 Å². The second kappa shape index (κ2) is 8.96. The number of nitrogens with zero attached hydrogens (tertiary/aromatic N) is 1. The molecule has 0 radical (unpaired) electrons. The molecule has 144 valence electrons. The van der Waals surface area contributed by atoms with E-state index in [0.29, 0.717) is 34.7 Å². The molecule has 11 heteroatoms. The number of amides is 1. The lowest BCUT2D eigenvalue weighted by molar-refractivity contribution is -0.388. The maximum Gasteiger partial charge on any atom is 0.416 e. The highest BCUT2D eigenvalue weighted by molar-refractivity contribution is 8.13. The number of carbonyl (C=O) groups excluding carboxylic acids is 1. The molecule has 1 amide bonds. The highest BCUT2D eigenvalue weighted by Crippen LogP contribution is 2.36. The number of nitrogens with one attached hydrogen (secondary N) is 1. The number of halogens is 4. The smallest absolute Gasteiger partial charge is 0.416 e. The lowest BCUT2D eigenvalue weighted by atomic mass is 10.2. The Morgan fingerprint density at radius 1 is 1.26 bits per heavy atom. The molecule has 0 fully saturated rings. The van der Waals surface area contributed by atoms with Crippen LogP contribution in [0.25, 0.3) is 0 Å². The SMILES string of the molecule is O=C(NCCOc1ccccc1Cl)Sc1ccc(C(F)(F)F)cc1[N+](=O)[O-]. The van der Waals surface area contributed by atoms with Crippen molar-refractivity contribution in [2.45, 2.75) is 11.1 Å². The van der Waals surface area contributed by atoms with Gasteiger partial charge in [0.2, 0.25) is 0 Å². The zero-order valence-corrected chi connectivity index (χ0v) is 15.0. The molecule has 0 aliphatic rings. The molecule has 0 bridgehead atoms. The van der Waals surface area contributed by atoms with Crippen LogP contribution in [-0.4, -0.2) is 23.3 Å². The lowest BCUT2D eigenvalue weighted by Crippen LogP contribution is -2.24. The fourth-order valence-corrected chi connectivity index (χ4v) is 2.87. The first-order valence-electron chi connectivity index (χ1n) is 7.37. The van der Waals surface area contributed by atoms with Crippen molar-refractivity contribution in [1.82, 2.24) is 5.32 Å². The predicted molar refractivity (Wildman–Crippen MR) is 94.3 cm³/mol. The Hall–Kier alpha value is -2.46. The summed E-state index contributed by atoms with van der Waals surface area (Å²) in [6, 6.07) is 8.70. The van der Waals surface area contributed by atoms with Gasteiger partial charge in [0.25, 0.3) is 10.9 Å². The van der Waals surface area contributed by atoms with Crippen LogP contribution in [0.4, 0.5) is 23.7 Å². The van der Waals surface area contributed by atoms with Crippen LogP contribution in [0.5, 0.6) is 5.75 Å². The Labute approximate surface area is 160 Å². The van der Waals surface area contributed by atoms with Crippen LogP contribution in [0, 0.1) is 10.1 Å². The minimum Gasteiger partial charge on any atom is -0.490 e. The summed E-state index contributed by atoms with van der Waals surface area (Å²) < 4.78 is 43.4. The topological polar surface area (TPSA) is 81.5 Å². The monoisotopic (exact) mass is 420 g/mol. The molecular weight excluding hydrogens is 409 g/mol. The second-order valence-corrected chi connectivity index (χ2v) is 6.45. The Bertz CT molecular complexity index is 849. The summed E-state index contributed by atoms with van der Waals surface area (Å²) in [5, 5.41) is 13.2. The molecule has 0 spiro atoms. The van der Waals surface area contributed by atoms with E-state index >= 15 is 0 Å². The standard InChI is InChI=1S/C16H12ClF3N2O4S/c17-11-3-1-2-4-13(11)26-8-7-21-15(23)27-14-6-5-10(16(18,19)20)9-12(14)22(24)25/h1-6,9H,7-8H2,(H,21,23). The Morgan fingerprint density at radius 2 is 1.96 bits per heavy atom. The average Bonchev–Trinajstić information content (AvgIpc) is 2.59. The molecule has 0 atom stereocenters. The van der Waals surface area contributed by atoms with Gasteiger partial charge in [0.1, 0.15) is 12.4 Å². The Balaban J connectivity index is 1.93. The number of para-hydroxylation sites is 1. The molecule has 6 nitrogen and oxygen atoms in total. The molecule has 2 aromatic rings. The van der Waals surface area contributed by atoms with E-state index in [2.05, 4.69) is 5.32 Å². The van der Waals surface area contributed by atoms with Crippen molar-refractivity contribution in [2.24, 2.45) is 0 Å². The molecule has 2 aromatic carbocycles. The average molecular weight is 421 g/mol. The number of ether oxygens (including phenoxy) is 1. The van der Waals surface area contributed by atoms with E-state index in [1.165, 1.54) is 0 Å². The van der Waals surface area contributed by atoms with Crippen molar-refractivity contribution in [3.05, 3.63) is 63.2 Å². The fraction of sp³-hybridized carbons (Fsp3) is 0.188. The van der Waals surface area contributed by atoms with Gasteiger partial charge >= 0.3 is 6.18 Å². The number of nitro benzene ring substituents is 1. The predicted octanol–water partition coefficient (Wildman–Crippen LogP) is 5.15. The third-order valence-corrected chi connectivity index (χ3v) is 4.36. The van der Waals surface area contributed by atoms with E-state index in [1.54, 1.807) is 24.3 Å². The Kier molecular flexibility index (Phi) is 6.92. The van der Waals surface area contributed by atoms with E-state index in [0.717, 1.165) is 6.07 Å². The first-order chi connectivity index (χ1) is 12.7. The summed E-state index contributed by atoms with van der Waals surface area (Å²) in [5.74, 6) is 0.430. The van der Waals surface area contributed by atoms with Gasteiger partial charge in [0, 0.05) is 6.07 Å². The second-order valence-electron chi connectivity index (χ2n) is 5.03. The van der Waals surface area contributed by atoms with Gasteiger partial charge in [-0.25, -0.2) is 0 Å². The maximum absolute atomic E-state index is 12.7. The maximum atomic E-state index is 12.7. The summed E-state index contributed by atoms with van der Waals surface area (Å²) >= 11 is 6.33. The van der Waals surface area contributed by atoms with Gasteiger partial charge in [0.15, 0.2) is 0 Å². The van der Waals surface area contributed by atoms with E-state index in [4.69, 9.17) is 16.3 Å². The van der Waals surface area contributed by atoms with Gasteiger partial charge < -0.3 is 10.1 Å². The van der Waals surface area contributed by atoms with Crippen molar-refractivity contribution in [2.75, 3.05) is 13.2 Å². The zero-order chi connectivity index (χ0) is 20.0. The molecule has 2 rings (SSSR count). The third kappa shape index (κ3) is 6.04. The van der Waals surface area contributed by atoms with Crippen LogP contribution in [0.3, 0.4) is 0 Å². The van der Waals surface area contributed by atoms with E-state index in [9.17, 15) is 28.1 Å². The van der Waals surface area contributed by atoms with Crippen LogP contribution in [0.15, 0.2) is 47.4 Å². The molecule has 27 heavy (non-hydrogen) atoms. The van der Waals surface area contributed by atoms with Gasteiger partial charge in [-0.05, 0) is 36.0 Å². The summed E-state index contributed by atoms with van der Waals surface area (Å²) in [6.45, 7) is 0.163. The summed E-state index contributed by atoms with van der Waals surface area (Å²) in [5.41, 5.74) is -1.95. The largest absolute Gasteiger partial charge is 0.490 e. The van der Waals surface area contributed by atoms with E-state index in [-0.39, 0.29) is 18.0 Å². The molecule has 0 aliphatic carbocycles. The number of hydrogen-bond donors (Lipinski definition) is 1. The highest BCUT2D eigenvalue weighted by Gasteiger charge is 2.33. The molecule has 0 heterocycles. The molecule has 0 aliphatic heterocycles. The number of carbonyl (C=O) groups is 1. The Morgan fingerprint density at radius 3 is 2.59 bits per heavy atom. The number of hydrogen-bond acceptors (Lipinski definition) is 5. The molecule has 0 aromatic heterocycles. The van der Waals surface area contributed by atoms with Crippen molar-refractivity contribution in [3.8, 4) is 5.75 Å². The molecule has 0 unspecified atom stereocenters. The number of nitro groups is 1. The van der Waals surface area contributed by atoms with Crippen LogP contribution in [0.1, 0.15) is 5.56 Å². The quantitative estimate of drug-likeness (QED) is 0.302. The minimum atomic E-state index is -4.72. The number of alkyl halides is 3. The number of rotatable bonds is 6. The summed E-state index contributed by atoms with van der Waals surface area (Å²) in [6.07, 6.45) is -4.72. The van der Waals surface area contributed by atoms with Gasteiger partial charge in [0.05, 0.1) is 26.9 Å². The van der Waals surface area contributed by atoms with Crippen molar-refractivity contribution in [1.29, 1.82) is 0 Å². The first-order valence-corrected chi connectivity index (χ1v) is 8.56. The van der Waals surface area contributed by atoms with Gasteiger partial charge in [-0.1, -0.05) is 23.7 Å². The van der Waals surface area contributed by atoms with Crippen LogP contribution >= 0.6 is 23.4 Å². The van der Waals surface area contributed by atoms with Gasteiger partial charge in [-0.2, -0.15) is 13.2 Å². The molecule has 1 N–H and O–H groups in total. The minimum absolute atomic E-state index is 0.0749.